The number of oxime groups is 1. The van der Waals surface area contributed by atoms with Crippen LogP contribution in [-0.4, -0.2) is 11.7 Å². The second kappa shape index (κ2) is 7.57. The van der Waals surface area contributed by atoms with Crippen molar-refractivity contribution in [2.24, 2.45) is 5.16 Å². The highest BCUT2D eigenvalue weighted by Gasteiger charge is 2.11. The van der Waals surface area contributed by atoms with Gasteiger partial charge in [0.25, 0.3) is 0 Å². The minimum absolute atomic E-state index is 0.449. The lowest BCUT2D eigenvalue weighted by molar-refractivity contribution is 0.0517. The summed E-state index contributed by atoms with van der Waals surface area (Å²) >= 11 is 5.94. The van der Waals surface area contributed by atoms with E-state index in [1.165, 1.54) is 0 Å². The number of halogens is 1. The first-order valence-electron chi connectivity index (χ1n) is 7.40. The summed E-state index contributed by atoms with van der Waals surface area (Å²) < 4.78 is 0. The van der Waals surface area contributed by atoms with E-state index in [1.807, 2.05) is 48.5 Å². The molecule has 0 unspecified atom stereocenters. The molecule has 0 aliphatic rings. The third-order valence-electron chi connectivity index (χ3n) is 3.39. The predicted octanol–water partition coefficient (Wildman–Crippen LogP) is 4.95. The molecule has 3 aromatic carbocycles. The second-order valence-corrected chi connectivity index (χ2v) is 5.49. The zero-order chi connectivity index (χ0) is 16.8. The number of carbonyl (C=O) groups is 1. The van der Waals surface area contributed by atoms with Crippen molar-refractivity contribution in [1.29, 1.82) is 0 Å². The second-order valence-electron chi connectivity index (χ2n) is 5.06. The summed E-state index contributed by atoms with van der Waals surface area (Å²) in [4.78, 5) is 17.3. The molecule has 118 valence electrons. The van der Waals surface area contributed by atoms with Crippen LogP contribution in [0.5, 0.6) is 0 Å². The van der Waals surface area contributed by atoms with Crippen molar-refractivity contribution < 1.29 is 9.63 Å². The van der Waals surface area contributed by atoms with Gasteiger partial charge in [-0.05, 0) is 24.3 Å². The Morgan fingerprint density at radius 1 is 0.708 bits per heavy atom. The highest BCUT2D eigenvalue weighted by molar-refractivity contribution is 6.30. The van der Waals surface area contributed by atoms with Crippen LogP contribution in [0.3, 0.4) is 0 Å². The van der Waals surface area contributed by atoms with Crippen molar-refractivity contribution >= 4 is 23.3 Å². The van der Waals surface area contributed by atoms with Crippen LogP contribution in [0.4, 0.5) is 0 Å². The summed E-state index contributed by atoms with van der Waals surface area (Å²) in [5.74, 6) is -0.502. The molecular weight excluding hydrogens is 322 g/mol. The van der Waals surface area contributed by atoms with Gasteiger partial charge in [-0.15, -0.1) is 0 Å². The molecule has 0 heterocycles. The number of hydrogen-bond donors (Lipinski definition) is 0. The van der Waals surface area contributed by atoms with Crippen molar-refractivity contribution in [3.8, 4) is 0 Å². The first-order valence-corrected chi connectivity index (χ1v) is 7.77. The summed E-state index contributed by atoms with van der Waals surface area (Å²) in [6, 6.07) is 25.5. The summed E-state index contributed by atoms with van der Waals surface area (Å²) in [5, 5.41) is 4.73. The fraction of sp³-hybridized carbons (Fsp3) is 0. The van der Waals surface area contributed by atoms with Crippen molar-refractivity contribution in [3.63, 3.8) is 0 Å². The van der Waals surface area contributed by atoms with Crippen LogP contribution >= 0.6 is 11.6 Å². The molecule has 24 heavy (non-hydrogen) atoms. The van der Waals surface area contributed by atoms with Gasteiger partial charge >= 0.3 is 5.97 Å². The van der Waals surface area contributed by atoms with Crippen LogP contribution in [-0.2, 0) is 4.84 Å². The van der Waals surface area contributed by atoms with E-state index in [0.717, 1.165) is 11.1 Å². The molecule has 0 radical (unpaired) electrons. The normalized spacial score (nSPS) is 11.1. The molecule has 0 saturated carbocycles. The maximum atomic E-state index is 12.1. The fourth-order valence-corrected chi connectivity index (χ4v) is 2.32. The summed E-state index contributed by atoms with van der Waals surface area (Å²) in [7, 11) is 0. The van der Waals surface area contributed by atoms with Crippen LogP contribution in [0.25, 0.3) is 0 Å². The topological polar surface area (TPSA) is 38.7 Å². The maximum Gasteiger partial charge on any atom is 0.365 e. The largest absolute Gasteiger partial charge is 0.365 e. The maximum absolute atomic E-state index is 12.1. The minimum Gasteiger partial charge on any atom is -0.312 e. The van der Waals surface area contributed by atoms with Crippen LogP contribution in [0.15, 0.2) is 90.1 Å². The van der Waals surface area contributed by atoms with Crippen LogP contribution in [0, 0.1) is 0 Å². The fourth-order valence-electron chi connectivity index (χ4n) is 2.19. The lowest BCUT2D eigenvalue weighted by Crippen LogP contribution is -2.07. The van der Waals surface area contributed by atoms with E-state index >= 15 is 0 Å². The molecule has 4 heteroatoms. The van der Waals surface area contributed by atoms with E-state index in [-0.39, 0.29) is 0 Å². The molecule has 0 amide bonds. The van der Waals surface area contributed by atoms with Crippen molar-refractivity contribution in [2.45, 2.75) is 0 Å². The van der Waals surface area contributed by atoms with Gasteiger partial charge in [-0.3, -0.25) is 0 Å². The quantitative estimate of drug-likeness (QED) is 0.384. The van der Waals surface area contributed by atoms with E-state index in [2.05, 4.69) is 5.16 Å². The molecule has 0 saturated heterocycles. The smallest absolute Gasteiger partial charge is 0.312 e. The molecule has 0 aromatic heterocycles. The van der Waals surface area contributed by atoms with E-state index in [9.17, 15) is 4.79 Å². The van der Waals surface area contributed by atoms with Gasteiger partial charge in [0.1, 0.15) is 5.71 Å². The van der Waals surface area contributed by atoms with Gasteiger partial charge in [0.2, 0.25) is 0 Å². The lowest BCUT2D eigenvalue weighted by Gasteiger charge is -2.07. The molecule has 0 bridgehead atoms. The molecular formula is C20H14ClNO2. The summed E-state index contributed by atoms with van der Waals surface area (Å²) in [6.45, 7) is 0. The molecule has 0 aliphatic heterocycles. The first-order chi connectivity index (χ1) is 11.7. The van der Waals surface area contributed by atoms with Crippen molar-refractivity contribution in [2.75, 3.05) is 0 Å². The van der Waals surface area contributed by atoms with Crippen LogP contribution in [0.1, 0.15) is 21.5 Å². The molecule has 0 spiro atoms. The molecule has 0 fully saturated rings. The van der Waals surface area contributed by atoms with Gasteiger partial charge in [-0.25, -0.2) is 4.79 Å². The number of rotatable bonds is 4. The lowest BCUT2D eigenvalue weighted by atomic mass is 10.0. The zero-order valence-electron chi connectivity index (χ0n) is 12.7. The molecule has 0 atom stereocenters. The van der Waals surface area contributed by atoms with Crippen molar-refractivity contribution in [3.05, 3.63) is 107 Å². The van der Waals surface area contributed by atoms with Gasteiger partial charge < -0.3 is 4.84 Å². The Bertz CT molecular complexity index is 844. The average molecular weight is 336 g/mol. The van der Waals surface area contributed by atoms with Gasteiger partial charge in [0, 0.05) is 16.1 Å². The number of benzene rings is 3. The van der Waals surface area contributed by atoms with Gasteiger partial charge in [-0.1, -0.05) is 77.4 Å². The highest BCUT2D eigenvalue weighted by Crippen LogP contribution is 2.15. The summed E-state index contributed by atoms with van der Waals surface area (Å²) in [5.41, 5.74) is 2.67. The monoisotopic (exact) mass is 335 g/mol. The molecule has 0 aliphatic carbocycles. The van der Waals surface area contributed by atoms with E-state index < -0.39 is 5.97 Å². The Hall–Kier alpha value is -2.91. The molecule has 0 N–H and O–H groups in total. The Morgan fingerprint density at radius 2 is 1.21 bits per heavy atom. The Balaban J connectivity index is 1.93. The number of hydrogen-bond acceptors (Lipinski definition) is 3. The Kier molecular flexibility index (Phi) is 5.04. The van der Waals surface area contributed by atoms with Gasteiger partial charge in [0.05, 0.1) is 5.56 Å². The predicted molar refractivity (Wildman–Crippen MR) is 95.4 cm³/mol. The molecule has 3 rings (SSSR count). The van der Waals surface area contributed by atoms with E-state index in [4.69, 9.17) is 16.4 Å². The van der Waals surface area contributed by atoms with Crippen LogP contribution in [0.2, 0.25) is 5.02 Å². The van der Waals surface area contributed by atoms with Crippen molar-refractivity contribution in [1.82, 2.24) is 0 Å². The minimum atomic E-state index is -0.502. The standard InChI is InChI=1S/C20H14ClNO2/c21-18-13-11-16(12-14-18)19(15-7-3-1-4-8-15)22-24-20(23)17-9-5-2-6-10-17/h1-14H/b22-19+. The summed E-state index contributed by atoms with van der Waals surface area (Å²) in [6.07, 6.45) is 0. The van der Waals surface area contributed by atoms with E-state index in [0.29, 0.717) is 16.3 Å². The number of carbonyl (C=O) groups excluding carboxylic acids is 1. The van der Waals surface area contributed by atoms with E-state index in [1.54, 1.807) is 36.4 Å². The Labute approximate surface area is 145 Å². The average Bonchev–Trinajstić information content (AvgIpc) is 2.65. The van der Waals surface area contributed by atoms with Crippen LogP contribution < -0.4 is 0 Å². The third-order valence-corrected chi connectivity index (χ3v) is 3.65. The Morgan fingerprint density at radius 3 is 1.79 bits per heavy atom. The molecule has 3 nitrogen and oxygen atoms in total. The highest BCUT2D eigenvalue weighted by atomic mass is 35.5. The third kappa shape index (κ3) is 3.89. The molecule has 3 aromatic rings. The zero-order valence-corrected chi connectivity index (χ0v) is 13.5. The van der Waals surface area contributed by atoms with Gasteiger partial charge in [-0.2, -0.15) is 0 Å². The SMILES string of the molecule is O=C(O/N=C(\c1ccccc1)c1ccc(Cl)cc1)c1ccccc1. The van der Waals surface area contributed by atoms with Gasteiger partial charge in [0.15, 0.2) is 0 Å². The first kappa shape index (κ1) is 16.0. The number of nitrogens with zero attached hydrogens (tertiary/aromatic N) is 1.